The molecule has 0 spiro atoms. The molecule has 41 heavy (non-hydrogen) atoms. The summed E-state index contributed by atoms with van der Waals surface area (Å²) in [5.41, 5.74) is -0.106. The molecule has 7 nitrogen and oxygen atoms in total. The molecule has 0 bridgehead atoms. The first-order chi connectivity index (χ1) is 19.3. The van der Waals surface area contributed by atoms with Crippen LogP contribution in [0.5, 0.6) is 0 Å². The minimum absolute atomic E-state index is 0.0399. The lowest BCUT2D eigenvalue weighted by molar-refractivity contribution is -0.139. The molecule has 0 aliphatic rings. The van der Waals surface area contributed by atoms with Gasteiger partial charge in [0.15, 0.2) is 0 Å². The molecule has 0 unspecified atom stereocenters. The Morgan fingerprint density at radius 2 is 1.63 bits per heavy atom. The maximum absolute atomic E-state index is 13.9. The smallest absolute Gasteiger partial charge is 0.354 e. The number of carbonyl (C=O) groups is 2. The van der Waals surface area contributed by atoms with Gasteiger partial charge in [0.25, 0.3) is 10.0 Å². The van der Waals surface area contributed by atoms with E-state index < -0.39 is 51.9 Å². The van der Waals surface area contributed by atoms with Crippen molar-refractivity contribution in [3.05, 3.63) is 94.5 Å². The van der Waals surface area contributed by atoms with Crippen LogP contribution in [0.15, 0.2) is 77.7 Å². The lowest BCUT2D eigenvalue weighted by atomic mass is 10.1. The highest BCUT2D eigenvalue weighted by atomic mass is 35.5. The summed E-state index contributed by atoms with van der Waals surface area (Å²) in [5, 5.41) is 2.43. The lowest BCUT2D eigenvalue weighted by Crippen LogP contribution is -2.51. The van der Waals surface area contributed by atoms with Gasteiger partial charge in [0.1, 0.15) is 12.6 Å². The molecule has 1 atom stereocenters. The second kappa shape index (κ2) is 13.4. The van der Waals surface area contributed by atoms with E-state index in [0.29, 0.717) is 28.9 Å². The number of hydrogen-bond donors (Lipinski definition) is 1. The van der Waals surface area contributed by atoms with Crippen molar-refractivity contribution < 1.29 is 31.2 Å². The van der Waals surface area contributed by atoms with Crippen LogP contribution in [0.3, 0.4) is 0 Å². The maximum atomic E-state index is 13.9. The first-order valence-electron chi connectivity index (χ1n) is 12.8. The van der Waals surface area contributed by atoms with E-state index >= 15 is 0 Å². The van der Waals surface area contributed by atoms with Crippen molar-refractivity contribution in [1.82, 2.24) is 10.2 Å². The Labute approximate surface area is 243 Å². The Morgan fingerprint density at radius 3 is 2.24 bits per heavy atom. The van der Waals surface area contributed by atoms with Gasteiger partial charge in [-0.05, 0) is 61.7 Å². The highest BCUT2D eigenvalue weighted by Crippen LogP contribution is 2.37. The molecule has 0 fully saturated rings. The minimum atomic E-state index is -4.80. The first-order valence-corrected chi connectivity index (χ1v) is 14.6. The van der Waals surface area contributed by atoms with Gasteiger partial charge in [0.2, 0.25) is 11.8 Å². The molecule has 0 heterocycles. The molecule has 3 aromatic carbocycles. The molecule has 12 heteroatoms. The van der Waals surface area contributed by atoms with Gasteiger partial charge in [-0.15, -0.1) is 0 Å². The quantitative estimate of drug-likeness (QED) is 0.297. The van der Waals surface area contributed by atoms with Gasteiger partial charge in [0, 0.05) is 13.1 Å². The summed E-state index contributed by atoms with van der Waals surface area (Å²) in [5.74, 6) is -1.26. The molecule has 0 radical (unpaired) electrons. The third-order valence-corrected chi connectivity index (χ3v) is 8.56. The number of alkyl halides is 3. The maximum Gasteiger partial charge on any atom is 0.416 e. The van der Waals surface area contributed by atoms with Crippen LogP contribution in [0.4, 0.5) is 18.9 Å². The Hall–Kier alpha value is -3.57. The van der Waals surface area contributed by atoms with Crippen molar-refractivity contribution in [2.75, 3.05) is 17.4 Å². The molecule has 2 amide bonds. The number of amides is 2. The van der Waals surface area contributed by atoms with E-state index in [0.717, 1.165) is 17.7 Å². The molecule has 1 N–H and O–H groups in total. The Morgan fingerprint density at radius 1 is 1.00 bits per heavy atom. The van der Waals surface area contributed by atoms with Gasteiger partial charge < -0.3 is 10.2 Å². The number of nitrogens with zero attached hydrogens (tertiary/aromatic N) is 2. The fourth-order valence-corrected chi connectivity index (χ4v) is 5.78. The van der Waals surface area contributed by atoms with Crippen LogP contribution in [-0.4, -0.2) is 44.3 Å². The summed E-state index contributed by atoms with van der Waals surface area (Å²) in [6.45, 7) is 4.62. The van der Waals surface area contributed by atoms with Gasteiger partial charge in [-0.3, -0.25) is 13.9 Å². The van der Waals surface area contributed by atoms with Crippen molar-refractivity contribution in [1.29, 1.82) is 0 Å². The van der Waals surface area contributed by atoms with Crippen molar-refractivity contribution in [2.45, 2.75) is 50.9 Å². The van der Waals surface area contributed by atoms with E-state index in [1.54, 1.807) is 18.2 Å². The van der Waals surface area contributed by atoms with Crippen LogP contribution in [-0.2, 0) is 32.3 Å². The Balaban J connectivity index is 2.12. The predicted molar refractivity (Wildman–Crippen MR) is 152 cm³/mol. The molecular weight excluding hydrogens is 579 g/mol. The summed E-state index contributed by atoms with van der Waals surface area (Å²) in [6.07, 6.45) is -4.14. The van der Waals surface area contributed by atoms with E-state index in [2.05, 4.69) is 5.32 Å². The van der Waals surface area contributed by atoms with Gasteiger partial charge in [0.05, 0.1) is 21.2 Å². The fourth-order valence-electron chi connectivity index (χ4n) is 4.06. The summed E-state index contributed by atoms with van der Waals surface area (Å²) in [4.78, 5) is 27.8. The number of carbonyl (C=O) groups excluding carboxylic acids is 2. The van der Waals surface area contributed by atoms with Gasteiger partial charge >= 0.3 is 6.18 Å². The summed E-state index contributed by atoms with van der Waals surface area (Å²) in [6, 6.07) is 15.4. The molecule has 3 aromatic rings. The number of anilines is 1. The zero-order valence-corrected chi connectivity index (χ0v) is 24.4. The van der Waals surface area contributed by atoms with Crippen molar-refractivity contribution >= 4 is 39.1 Å². The van der Waals surface area contributed by atoms with E-state index in [4.69, 9.17) is 11.6 Å². The van der Waals surface area contributed by atoms with E-state index in [1.807, 2.05) is 26.0 Å². The standard InChI is InChI=1S/C29H31ClF3N3O4S/c1-4-16-34-28(38)21(3)35(18-22-11-9-8-10-20(22)2)27(37)19-36(41(39,40)24-12-6-5-7-13-24)26-17-23(29(31,32)33)14-15-25(26)30/h5-15,17,21H,4,16,18-19H2,1-3H3,(H,34,38)/t21-/m1/s1. The summed E-state index contributed by atoms with van der Waals surface area (Å²) < 4.78 is 69.0. The highest BCUT2D eigenvalue weighted by Gasteiger charge is 2.36. The van der Waals surface area contributed by atoms with Crippen LogP contribution in [0.25, 0.3) is 0 Å². The van der Waals surface area contributed by atoms with Crippen LogP contribution in [0.2, 0.25) is 5.02 Å². The van der Waals surface area contributed by atoms with Gasteiger partial charge in [-0.25, -0.2) is 8.42 Å². The first kappa shape index (κ1) is 32.0. The molecule has 0 aliphatic carbocycles. The van der Waals surface area contributed by atoms with Crippen LogP contribution in [0.1, 0.15) is 37.0 Å². The van der Waals surface area contributed by atoms with Crippen LogP contribution in [0, 0.1) is 6.92 Å². The second-order valence-electron chi connectivity index (χ2n) is 9.40. The van der Waals surface area contributed by atoms with Crippen molar-refractivity contribution in [2.24, 2.45) is 0 Å². The fraction of sp³-hybridized carbons (Fsp3) is 0.310. The molecule has 0 aromatic heterocycles. The third kappa shape index (κ3) is 7.80. The topological polar surface area (TPSA) is 86.8 Å². The average molecular weight is 610 g/mol. The molecule has 3 rings (SSSR count). The summed E-state index contributed by atoms with van der Waals surface area (Å²) >= 11 is 6.26. The highest BCUT2D eigenvalue weighted by molar-refractivity contribution is 7.92. The molecule has 0 saturated heterocycles. The van der Waals surface area contributed by atoms with E-state index in [-0.39, 0.29) is 16.5 Å². The minimum Gasteiger partial charge on any atom is -0.354 e. The number of sulfonamides is 1. The number of nitrogens with one attached hydrogen (secondary N) is 1. The van der Waals surface area contributed by atoms with Gasteiger partial charge in [-0.2, -0.15) is 13.2 Å². The van der Waals surface area contributed by atoms with Crippen molar-refractivity contribution in [3.8, 4) is 0 Å². The number of benzene rings is 3. The third-order valence-electron chi connectivity index (χ3n) is 6.47. The van der Waals surface area contributed by atoms with E-state index in [9.17, 15) is 31.2 Å². The second-order valence-corrected chi connectivity index (χ2v) is 11.7. The largest absolute Gasteiger partial charge is 0.416 e. The molecule has 0 saturated carbocycles. The SMILES string of the molecule is CCCNC(=O)[C@@H](C)N(Cc1ccccc1C)C(=O)CN(c1cc(C(F)(F)F)ccc1Cl)S(=O)(=O)c1ccccc1. The number of rotatable bonds is 11. The van der Waals surface area contributed by atoms with Crippen LogP contribution >= 0.6 is 11.6 Å². The zero-order valence-electron chi connectivity index (χ0n) is 22.8. The molecule has 0 aliphatic heterocycles. The van der Waals surface area contributed by atoms with Crippen LogP contribution < -0.4 is 9.62 Å². The normalized spacial score (nSPS) is 12.5. The average Bonchev–Trinajstić information content (AvgIpc) is 2.94. The number of halogens is 4. The molecular formula is C29H31ClF3N3O4S. The van der Waals surface area contributed by atoms with E-state index in [1.165, 1.54) is 36.1 Å². The number of hydrogen-bond acceptors (Lipinski definition) is 4. The Bertz CT molecular complexity index is 1480. The monoisotopic (exact) mass is 609 g/mol. The molecule has 220 valence electrons. The zero-order chi connectivity index (χ0) is 30.4. The predicted octanol–water partition coefficient (Wildman–Crippen LogP) is 5.81. The van der Waals surface area contributed by atoms with Crippen molar-refractivity contribution in [3.63, 3.8) is 0 Å². The lowest BCUT2D eigenvalue weighted by Gasteiger charge is -2.32. The van der Waals surface area contributed by atoms with Gasteiger partial charge in [-0.1, -0.05) is 61.0 Å². The summed E-state index contributed by atoms with van der Waals surface area (Å²) in [7, 11) is -4.58. The Kier molecular flexibility index (Phi) is 10.4. The number of aryl methyl sites for hydroxylation is 1.